The number of nitrogens with one attached hydrogen (secondary N) is 1. The molecule has 1 atom stereocenters. The van der Waals surface area contributed by atoms with Crippen LogP contribution in [-0.4, -0.2) is 84.6 Å². The van der Waals surface area contributed by atoms with Crippen LogP contribution in [-0.2, 0) is 14.8 Å². The highest BCUT2D eigenvalue weighted by molar-refractivity contribution is 7.92. The number of ketones is 1. The van der Waals surface area contributed by atoms with Gasteiger partial charge in [-0.3, -0.25) is 9.59 Å². The van der Waals surface area contributed by atoms with Crippen LogP contribution < -0.4 is 10.2 Å². The van der Waals surface area contributed by atoms with Gasteiger partial charge in [0, 0.05) is 85.3 Å². The van der Waals surface area contributed by atoms with Crippen molar-refractivity contribution in [2.24, 2.45) is 0 Å². The minimum absolute atomic E-state index is 0.0408. The van der Waals surface area contributed by atoms with Crippen molar-refractivity contribution >= 4 is 44.4 Å². The number of fused-ring (bicyclic) bond motifs is 4. The number of carbonyl (C=O) groups is 2. The second-order valence-corrected chi connectivity index (χ2v) is 11.9. The molecule has 0 radical (unpaired) electrons. The summed E-state index contributed by atoms with van der Waals surface area (Å²) in [5.41, 5.74) is -0.183. The normalized spacial score (nSPS) is 19.2. The van der Waals surface area contributed by atoms with Crippen LogP contribution in [0.5, 0.6) is 0 Å². The summed E-state index contributed by atoms with van der Waals surface area (Å²) < 4.78 is 56.8. The van der Waals surface area contributed by atoms with Crippen molar-refractivity contribution in [2.45, 2.75) is 19.4 Å². The second kappa shape index (κ2) is 9.59. The number of amides is 1. The van der Waals surface area contributed by atoms with Gasteiger partial charge in [0.1, 0.15) is 17.2 Å². The molecule has 40 heavy (non-hydrogen) atoms. The molecule has 3 heterocycles. The van der Waals surface area contributed by atoms with Crippen LogP contribution in [0.2, 0.25) is 0 Å². The van der Waals surface area contributed by atoms with Gasteiger partial charge in [0.2, 0.25) is 21.9 Å². The van der Waals surface area contributed by atoms with Crippen molar-refractivity contribution in [2.75, 3.05) is 49.5 Å². The van der Waals surface area contributed by atoms with Gasteiger partial charge in [-0.2, -0.15) is 9.29 Å². The van der Waals surface area contributed by atoms with Gasteiger partial charge >= 0.3 is 0 Å². The first-order valence-electron chi connectivity index (χ1n) is 12.9. The Labute approximate surface area is 229 Å². The van der Waals surface area contributed by atoms with Crippen LogP contribution in [0.25, 0.3) is 22.0 Å². The monoisotopic (exact) mass is 568 g/mol. The van der Waals surface area contributed by atoms with Gasteiger partial charge in [0.15, 0.2) is 11.6 Å². The zero-order valence-corrected chi connectivity index (χ0v) is 22.5. The zero-order valence-electron chi connectivity index (χ0n) is 21.7. The van der Waals surface area contributed by atoms with Gasteiger partial charge in [0.05, 0.1) is 0 Å². The van der Waals surface area contributed by atoms with Gasteiger partial charge < -0.3 is 15.1 Å². The van der Waals surface area contributed by atoms with Crippen molar-refractivity contribution in [3.05, 3.63) is 59.0 Å². The van der Waals surface area contributed by atoms with E-state index in [-0.39, 0.29) is 58.8 Å². The van der Waals surface area contributed by atoms with Crippen LogP contribution in [0.3, 0.4) is 0 Å². The number of nitrogens with zero attached hydrogens (tertiary/aromatic N) is 5. The molecular weight excluding hydrogens is 542 g/mol. The summed E-state index contributed by atoms with van der Waals surface area (Å²) in [7, 11) is -3.60. The number of carbonyl (C=O) groups excluding carboxylic acids is 2. The molecule has 1 aliphatic carbocycles. The number of benzene rings is 2. The maximum Gasteiger partial charge on any atom is 0.235 e. The summed E-state index contributed by atoms with van der Waals surface area (Å²) in [5.74, 6) is -1.61. The molecule has 208 valence electrons. The third-order valence-corrected chi connectivity index (χ3v) is 9.22. The molecule has 1 N–H and O–H groups in total. The Bertz CT molecular complexity index is 1710. The molecule has 1 aromatic heterocycles. The molecule has 13 heteroatoms. The number of sulfonamides is 1. The van der Waals surface area contributed by atoms with E-state index in [1.807, 2.05) is 4.90 Å². The average Bonchev–Trinajstić information content (AvgIpc) is 3.53. The summed E-state index contributed by atoms with van der Waals surface area (Å²) >= 11 is 0. The highest BCUT2D eigenvalue weighted by Crippen LogP contribution is 2.44. The number of hydrogen-bond donors (Lipinski definition) is 1. The molecule has 1 unspecified atom stereocenters. The fraction of sp³-hybridized carbons (Fsp3) is 0.333. The third kappa shape index (κ3) is 4.20. The smallest absolute Gasteiger partial charge is 0.235 e. The minimum atomic E-state index is -3.60. The Hall–Kier alpha value is -3.97. The fourth-order valence-electron chi connectivity index (χ4n) is 5.65. The SMILES string of the molecule is C=CS(=O)(=O)N1CCC(Nc2nc(N3CCN(C(C)=O)CC3)c3cc4c(c(F)c3n2)-c2c(F)cccc2C4=O)C1. The molecule has 2 aliphatic heterocycles. The van der Waals surface area contributed by atoms with Gasteiger partial charge in [-0.25, -0.2) is 22.2 Å². The van der Waals surface area contributed by atoms with Crippen LogP contribution >= 0.6 is 0 Å². The lowest BCUT2D eigenvalue weighted by molar-refractivity contribution is -0.129. The summed E-state index contributed by atoms with van der Waals surface area (Å²) in [6, 6.07) is 5.23. The molecule has 1 amide bonds. The highest BCUT2D eigenvalue weighted by atomic mass is 32.2. The van der Waals surface area contributed by atoms with E-state index in [0.29, 0.717) is 43.8 Å². The van der Waals surface area contributed by atoms with Crippen LogP contribution in [0.1, 0.15) is 29.3 Å². The van der Waals surface area contributed by atoms with Crippen molar-refractivity contribution in [1.82, 2.24) is 19.2 Å². The Morgan fingerprint density at radius 1 is 1.10 bits per heavy atom. The standard InChI is InChI=1S/C27H26F2N6O4S/c1-3-40(38,39)35-8-7-16(14-35)30-27-31-24-19(26(32-27)34-11-9-33(10-12-34)15(2)36)13-18-22(23(24)29)21-17(25(18)37)5-4-6-20(21)28/h3-6,13,16H,1,7-12,14H2,2H3,(H,30,31,32). The van der Waals surface area contributed by atoms with E-state index >= 15 is 4.39 Å². The molecule has 0 saturated carbocycles. The Morgan fingerprint density at radius 3 is 2.55 bits per heavy atom. The minimum Gasteiger partial charge on any atom is -0.352 e. The maximum atomic E-state index is 16.3. The first-order chi connectivity index (χ1) is 19.1. The van der Waals surface area contributed by atoms with Gasteiger partial charge in [-0.15, -0.1) is 0 Å². The molecule has 0 spiro atoms. The summed E-state index contributed by atoms with van der Waals surface area (Å²) in [6.45, 7) is 7.00. The molecule has 2 saturated heterocycles. The van der Waals surface area contributed by atoms with Gasteiger partial charge in [-0.05, 0) is 18.6 Å². The lowest BCUT2D eigenvalue weighted by atomic mass is 10.0. The first kappa shape index (κ1) is 26.3. The van der Waals surface area contributed by atoms with E-state index in [0.717, 1.165) is 5.41 Å². The van der Waals surface area contributed by atoms with E-state index in [9.17, 15) is 22.4 Å². The van der Waals surface area contributed by atoms with E-state index in [1.165, 1.54) is 35.5 Å². The largest absolute Gasteiger partial charge is 0.352 e. The van der Waals surface area contributed by atoms with E-state index < -0.39 is 27.4 Å². The van der Waals surface area contributed by atoms with Gasteiger partial charge in [0.25, 0.3) is 0 Å². The van der Waals surface area contributed by atoms with Crippen LogP contribution in [0.4, 0.5) is 20.5 Å². The van der Waals surface area contributed by atoms with Gasteiger partial charge in [-0.1, -0.05) is 18.7 Å². The van der Waals surface area contributed by atoms with Crippen molar-refractivity contribution in [3.63, 3.8) is 0 Å². The predicted octanol–water partition coefficient (Wildman–Crippen LogP) is 2.75. The summed E-state index contributed by atoms with van der Waals surface area (Å²) in [5, 5.41) is 4.33. The zero-order chi connectivity index (χ0) is 28.3. The predicted molar refractivity (Wildman–Crippen MR) is 146 cm³/mol. The summed E-state index contributed by atoms with van der Waals surface area (Å²) in [6.07, 6.45) is 0.473. The quantitative estimate of drug-likeness (QED) is 0.391. The number of piperazine rings is 1. The summed E-state index contributed by atoms with van der Waals surface area (Å²) in [4.78, 5) is 37.8. The Kier molecular flexibility index (Phi) is 6.30. The second-order valence-electron chi connectivity index (χ2n) is 10.1. The topological polar surface area (TPSA) is 116 Å². The number of anilines is 2. The maximum absolute atomic E-state index is 16.3. The van der Waals surface area contributed by atoms with E-state index in [2.05, 4.69) is 21.9 Å². The van der Waals surface area contributed by atoms with E-state index in [1.54, 1.807) is 4.90 Å². The molecule has 2 aromatic carbocycles. The lowest BCUT2D eigenvalue weighted by Gasteiger charge is -2.35. The number of aromatic nitrogens is 2. The Morgan fingerprint density at radius 2 is 1.85 bits per heavy atom. The van der Waals surface area contributed by atoms with Crippen molar-refractivity contribution in [3.8, 4) is 11.1 Å². The van der Waals surface area contributed by atoms with E-state index in [4.69, 9.17) is 0 Å². The molecule has 10 nitrogen and oxygen atoms in total. The number of hydrogen-bond acceptors (Lipinski definition) is 8. The highest BCUT2D eigenvalue weighted by Gasteiger charge is 2.36. The molecule has 3 aromatic rings. The number of halogens is 2. The number of rotatable bonds is 5. The van der Waals surface area contributed by atoms with Crippen LogP contribution in [0.15, 0.2) is 36.3 Å². The molecule has 6 rings (SSSR count). The van der Waals surface area contributed by atoms with Crippen molar-refractivity contribution in [1.29, 1.82) is 0 Å². The fourth-order valence-corrected chi connectivity index (χ4v) is 6.61. The average molecular weight is 569 g/mol. The molecule has 0 bridgehead atoms. The lowest BCUT2D eigenvalue weighted by Crippen LogP contribution is -2.48. The molecule has 3 aliphatic rings. The van der Waals surface area contributed by atoms with Crippen LogP contribution in [0, 0.1) is 11.6 Å². The van der Waals surface area contributed by atoms with Crippen molar-refractivity contribution < 1.29 is 26.8 Å². The molecular formula is C27H26F2N6O4S. The molecule has 2 fully saturated rings. The first-order valence-corrected chi connectivity index (χ1v) is 14.4. The third-order valence-electron chi connectivity index (χ3n) is 7.74. The Balaban J connectivity index is 1.46.